The highest BCUT2D eigenvalue weighted by molar-refractivity contribution is 5.94. The summed E-state index contributed by atoms with van der Waals surface area (Å²) in [6, 6.07) is 5.79. The number of hydrogen-bond donors (Lipinski definition) is 0. The summed E-state index contributed by atoms with van der Waals surface area (Å²) in [5, 5.41) is -1.02. The Hall–Kier alpha value is -4.48. The van der Waals surface area contributed by atoms with Gasteiger partial charge in [-0.3, -0.25) is 0 Å². The van der Waals surface area contributed by atoms with Gasteiger partial charge in [-0.1, -0.05) is 12.1 Å². The number of benzene rings is 4. The summed E-state index contributed by atoms with van der Waals surface area (Å²) in [5.41, 5.74) is -2.16. The molecule has 0 saturated heterocycles. The summed E-state index contributed by atoms with van der Waals surface area (Å²) < 4.78 is 120. The van der Waals surface area contributed by atoms with E-state index in [1.165, 1.54) is 0 Å². The minimum atomic E-state index is -1.97. The van der Waals surface area contributed by atoms with E-state index in [2.05, 4.69) is 9.47 Å². The summed E-state index contributed by atoms with van der Waals surface area (Å²) >= 11 is 0. The van der Waals surface area contributed by atoms with Crippen LogP contribution in [-0.2, 0) is 0 Å². The first-order chi connectivity index (χ1) is 17.0. The van der Waals surface area contributed by atoms with Gasteiger partial charge in [0.15, 0.2) is 58.0 Å². The van der Waals surface area contributed by atoms with Gasteiger partial charge in [-0.05, 0) is 41.8 Å². The first kappa shape index (κ1) is 24.6. The highest BCUT2D eigenvalue weighted by Gasteiger charge is 2.25. The summed E-state index contributed by atoms with van der Waals surface area (Å²) in [6.45, 7) is 0. The molecule has 0 aromatic heterocycles. The second-order valence-electron chi connectivity index (χ2n) is 7.08. The van der Waals surface area contributed by atoms with Crippen molar-refractivity contribution in [1.29, 1.82) is 0 Å². The number of halogens is 8. The minimum Gasteiger partial charge on any atom is -0.420 e. The molecule has 0 bridgehead atoms. The maximum atomic E-state index is 15.0. The fourth-order valence-corrected chi connectivity index (χ4v) is 3.13. The average Bonchev–Trinajstić information content (AvgIpc) is 2.84. The third-order valence-electron chi connectivity index (χ3n) is 4.90. The van der Waals surface area contributed by atoms with Gasteiger partial charge in [-0.2, -0.15) is 0 Å². The molecule has 0 N–H and O–H groups in total. The van der Waals surface area contributed by atoms with E-state index < -0.39 is 86.5 Å². The second-order valence-corrected chi connectivity index (χ2v) is 7.08. The molecule has 4 aromatic carbocycles. The molecule has 0 radical (unpaired) electrons. The Morgan fingerprint density at radius 3 is 1.25 bits per heavy atom. The Balaban J connectivity index is 1.68. The standard InChI is InChI=1S/C24H8F8O4/c25-12-5-3-10(17(27)19(12)29)23(33)35-14-7-1-9-2-8-15(22(32)16(9)21(14)31)36-24(34)11-4-6-13(26)20(30)18(11)28/h1-8H. The molecule has 184 valence electrons. The first-order valence-electron chi connectivity index (χ1n) is 9.63. The van der Waals surface area contributed by atoms with E-state index in [0.717, 1.165) is 24.3 Å². The third-order valence-corrected chi connectivity index (χ3v) is 4.90. The van der Waals surface area contributed by atoms with E-state index in [0.29, 0.717) is 24.3 Å². The fraction of sp³-hybridized carbons (Fsp3) is 0. The van der Waals surface area contributed by atoms with Crippen LogP contribution in [0.5, 0.6) is 11.5 Å². The molecule has 0 aliphatic rings. The van der Waals surface area contributed by atoms with Crippen molar-refractivity contribution in [2.24, 2.45) is 0 Å². The minimum absolute atomic E-state index is 0.136. The largest absolute Gasteiger partial charge is 0.420 e. The molecule has 0 atom stereocenters. The van der Waals surface area contributed by atoms with E-state index >= 15 is 8.78 Å². The summed E-state index contributed by atoms with van der Waals surface area (Å²) in [4.78, 5) is 24.3. The molecule has 0 heterocycles. The van der Waals surface area contributed by atoms with Crippen LogP contribution in [0.15, 0.2) is 48.5 Å². The Labute approximate surface area is 195 Å². The van der Waals surface area contributed by atoms with Crippen molar-refractivity contribution in [2.45, 2.75) is 0 Å². The van der Waals surface area contributed by atoms with Crippen molar-refractivity contribution in [3.63, 3.8) is 0 Å². The van der Waals surface area contributed by atoms with Gasteiger partial charge in [0, 0.05) is 0 Å². The van der Waals surface area contributed by atoms with Crippen molar-refractivity contribution in [2.75, 3.05) is 0 Å². The SMILES string of the molecule is O=C(Oc1ccc2ccc(OC(=O)c3ccc(F)c(F)c3F)c(F)c2c1F)c1ccc(F)c(F)c1F. The van der Waals surface area contributed by atoms with Gasteiger partial charge in [0.25, 0.3) is 0 Å². The highest BCUT2D eigenvalue weighted by atomic mass is 19.2. The molecule has 0 aliphatic carbocycles. The maximum absolute atomic E-state index is 15.0. The van der Waals surface area contributed by atoms with Gasteiger partial charge in [0.2, 0.25) is 0 Å². The number of rotatable bonds is 4. The van der Waals surface area contributed by atoms with Crippen molar-refractivity contribution < 1.29 is 54.2 Å². The van der Waals surface area contributed by atoms with Crippen LogP contribution >= 0.6 is 0 Å². The topological polar surface area (TPSA) is 52.6 Å². The predicted molar refractivity (Wildman–Crippen MR) is 106 cm³/mol. The zero-order chi connectivity index (χ0) is 26.3. The molecule has 0 spiro atoms. The molecular formula is C24H8F8O4. The predicted octanol–water partition coefficient (Wildman–Crippen LogP) is 6.39. The lowest BCUT2D eigenvalue weighted by Gasteiger charge is -2.12. The molecular weight excluding hydrogens is 504 g/mol. The fourth-order valence-electron chi connectivity index (χ4n) is 3.13. The molecule has 36 heavy (non-hydrogen) atoms. The Morgan fingerprint density at radius 2 is 0.861 bits per heavy atom. The van der Waals surface area contributed by atoms with Crippen molar-refractivity contribution in [3.05, 3.63) is 106 Å². The molecule has 4 nitrogen and oxygen atoms in total. The van der Waals surface area contributed by atoms with E-state index in [4.69, 9.17) is 0 Å². The molecule has 4 aromatic rings. The van der Waals surface area contributed by atoms with Gasteiger partial charge in [-0.15, -0.1) is 0 Å². The number of hydrogen-bond acceptors (Lipinski definition) is 4. The van der Waals surface area contributed by atoms with Crippen LogP contribution in [0, 0.1) is 46.5 Å². The van der Waals surface area contributed by atoms with E-state index in [-0.39, 0.29) is 5.39 Å². The summed E-state index contributed by atoms with van der Waals surface area (Å²) in [6.07, 6.45) is 0. The average molecular weight is 512 g/mol. The Bertz CT molecular complexity index is 1460. The van der Waals surface area contributed by atoms with E-state index in [1.54, 1.807) is 0 Å². The lowest BCUT2D eigenvalue weighted by atomic mass is 10.1. The molecule has 12 heteroatoms. The summed E-state index contributed by atoms with van der Waals surface area (Å²) in [5.74, 6) is -19.2. The second kappa shape index (κ2) is 9.29. The summed E-state index contributed by atoms with van der Waals surface area (Å²) in [7, 11) is 0. The van der Waals surface area contributed by atoms with Gasteiger partial charge in [-0.25, -0.2) is 44.7 Å². The van der Waals surface area contributed by atoms with Crippen molar-refractivity contribution in [3.8, 4) is 11.5 Å². The van der Waals surface area contributed by atoms with Crippen LogP contribution < -0.4 is 9.47 Å². The zero-order valence-electron chi connectivity index (χ0n) is 17.3. The van der Waals surface area contributed by atoms with Crippen molar-refractivity contribution in [1.82, 2.24) is 0 Å². The lowest BCUT2D eigenvalue weighted by molar-refractivity contribution is 0.0714. The van der Waals surface area contributed by atoms with Gasteiger partial charge >= 0.3 is 11.9 Å². The third kappa shape index (κ3) is 4.21. The monoisotopic (exact) mass is 512 g/mol. The Morgan fingerprint density at radius 1 is 0.472 bits per heavy atom. The number of ether oxygens (including phenoxy) is 2. The van der Waals surface area contributed by atoms with E-state index in [9.17, 15) is 35.9 Å². The van der Waals surface area contributed by atoms with E-state index in [1.807, 2.05) is 0 Å². The van der Waals surface area contributed by atoms with Gasteiger partial charge in [0.05, 0.1) is 16.5 Å². The molecule has 0 amide bonds. The molecule has 0 aliphatic heterocycles. The van der Waals surface area contributed by atoms with Crippen LogP contribution in [0.4, 0.5) is 35.1 Å². The quantitative estimate of drug-likeness (QED) is 0.138. The van der Waals surface area contributed by atoms with Crippen LogP contribution in [0.1, 0.15) is 20.7 Å². The smallest absolute Gasteiger partial charge is 0.346 e. The van der Waals surface area contributed by atoms with Crippen LogP contribution in [0.3, 0.4) is 0 Å². The van der Waals surface area contributed by atoms with Crippen LogP contribution in [0.25, 0.3) is 10.8 Å². The molecule has 4 rings (SSSR count). The Kier molecular flexibility index (Phi) is 6.35. The number of esters is 2. The number of carbonyl (C=O) groups is 2. The zero-order valence-corrected chi connectivity index (χ0v) is 17.3. The molecule has 0 unspecified atom stereocenters. The first-order valence-corrected chi connectivity index (χ1v) is 9.63. The molecule has 0 fully saturated rings. The van der Waals surface area contributed by atoms with Crippen LogP contribution in [-0.4, -0.2) is 11.9 Å². The van der Waals surface area contributed by atoms with Crippen molar-refractivity contribution >= 4 is 22.7 Å². The molecule has 0 saturated carbocycles. The normalized spacial score (nSPS) is 11.0. The number of fused-ring (bicyclic) bond motifs is 1. The lowest BCUT2D eigenvalue weighted by Crippen LogP contribution is -2.14. The van der Waals surface area contributed by atoms with Crippen LogP contribution in [0.2, 0.25) is 0 Å². The maximum Gasteiger partial charge on any atom is 0.346 e. The number of carbonyl (C=O) groups excluding carboxylic acids is 2. The van der Waals surface area contributed by atoms with Gasteiger partial charge in [0.1, 0.15) is 0 Å². The van der Waals surface area contributed by atoms with Gasteiger partial charge < -0.3 is 9.47 Å². The highest BCUT2D eigenvalue weighted by Crippen LogP contribution is 2.34.